The Morgan fingerprint density at radius 2 is 2.23 bits per heavy atom. The molecule has 0 aliphatic heterocycles. The maximum Gasteiger partial charge on any atom is 0.151 e. The number of benzene rings is 1. The quantitative estimate of drug-likeness (QED) is 0.583. The van der Waals surface area contributed by atoms with Crippen molar-refractivity contribution < 1.29 is 9.90 Å². The second-order valence-corrected chi connectivity index (χ2v) is 3.16. The average molecular weight is 197 g/mol. The monoisotopic (exact) mass is 196 g/mol. The predicted molar refractivity (Wildman–Crippen MR) is 53.2 cm³/mol. The number of carbonyl (C=O) groups is 1. The highest BCUT2D eigenvalue weighted by molar-refractivity contribution is 6.33. The largest absolute Gasteiger partial charge is 0.508 e. The normalized spacial score (nSPS) is 9.69. The Balaban J connectivity index is 3.38. The number of carbonyl (C=O) groups excluding carboxylic acids is 1. The summed E-state index contributed by atoms with van der Waals surface area (Å²) in [4.78, 5) is 10.5. The molecule has 0 saturated heterocycles. The van der Waals surface area contributed by atoms with E-state index in [2.05, 4.69) is 6.58 Å². The first-order valence-electron chi connectivity index (χ1n) is 3.70. The summed E-state index contributed by atoms with van der Waals surface area (Å²) in [6.45, 7) is 5.18. The van der Waals surface area contributed by atoms with Gasteiger partial charge >= 0.3 is 0 Å². The van der Waals surface area contributed by atoms with Gasteiger partial charge < -0.3 is 5.11 Å². The Hall–Kier alpha value is -1.28. The van der Waals surface area contributed by atoms with Gasteiger partial charge in [-0.1, -0.05) is 18.2 Å². The van der Waals surface area contributed by atoms with Gasteiger partial charge in [-0.25, -0.2) is 0 Å². The molecular formula is C10H9ClO2. The first-order valence-corrected chi connectivity index (χ1v) is 4.07. The molecule has 1 N–H and O–H groups in total. The van der Waals surface area contributed by atoms with Crippen molar-refractivity contribution in [1.29, 1.82) is 0 Å². The Labute approximate surface area is 81.5 Å². The zero-order valence-electron chi connectivity index (χ0n) is 7.17. The van der Waals surface area contributed by atoms with Crippen molar-refractivity contribution in [2.24, 2.45) is 0 Å². The van der Waals surface area contributed by atoms with Gasteiger partial charge in [-0.05, 0) is 24.6 Å². The third-order valence-corrected chi connectivity index (χ3v) is 2.11. The van der Waals surface area contributed by atoms with E-state index >= 15 is 0 Å². The highest BCUT2D eigenvalue weighted by Gasteiger charge is 2.06. The highest BCUT2D eigenvalue weighted by Crippen LogP contribution is 2.23. The molecule has 3 heteroatoms. The summed E-state index contributed by atoms with van der Waals surface area (Å²) in [6, 6.07) is 3.15. The Morgan fingerprint density at radius 3 is 2.69 bits per heavy atom. The van der Waals surface area contributed by atoms with Crippen LogP contribution in [0, 0.1) is 6.92 Å². The number of aldehydes is 1. The molecule has 0 radical (unpaired) electrons. The number of aliphatic hydroxyl groups excluding tert-OH is 1. The summed E-state index contributed by atoms with van der Waals surface area (Å²) in [7, 11) is 0. The van der Waals surface area contributed by atoms with Gasteiger partial charge in [0.05, 0.1) is 5.02 Å². The van der Waals surface area contributed by atoms with Crippen LogP contribution in [0.3, 0.4) is 0 Å². The van der Waals surface area contributed by atoms with Gasteiger partial charge in [0.1, 0.15) is 5.76 Å². The van der Waals surface area contributed by atoms with Crippen molar-refractivity contribution in [1.82, 2.24) is 0 Å². The summed E-state index contributed by atoms with van der Waals surface area (Å²) in [5.74, 6) is -0.0581. The summed E-state index contributed by atoms with van der Waals surface area (Å²) in [5, 5.41) is 9.55. The van der Waals surface area contributed by atoms with Crippen molar-refractivity contribution in [3.8, 4) is 0 Å². The van der Waals surface area contributed by atoms with Crippen LogP contribution in [0.1, 0.15) is 21.5 Å². The second-order valence-electron chi connectivity index (χ2n) is 2.75. The SMILES string of the molecule is C=C(O)c1cc(C=O)c(Cl)cc1C. The van der Waals surface area contributed by atoms with Crippen LogP contribution in [-0.2, 0) is 0 Å². The molecular weight excluding hydrogens is 188 g/mol. The van der Waals surface area contributed by atoms with Crippen molar-refractivity contribution in [3.63, 3.8) is 0 Å². The minimum Gasteiger partial charge on any atom is -0.508 e. The first kappa shape index (κ1) is 9.81. The lowest BCUT2D eigenvalue weighted by molar-refractivity contribution is 0.112. The molecule has 0 unspecified atom stereocenters. The third-order valence-electron chi connectivity index (χ3n) is 1.78. The number of aliphatic hydroxyl groups is 1. The smallest absolute Gasteiger partial charge is 0.151 e. The number of rotatable bonds is 2. The molecule has 13 heavy (non-hydrogen) atoms. The Kier molecular flexibility index (Phi) is 2.73. The summed E-state index contributed by atoms with van der Waals surface area (Å²) in [6.07, 6.45) is 0.647. The summed E-state index contributed by atoms with van der Waals surface area (Å²) < 4.78 is 0. The molecule has 0 bridgehead atoms. The number of hydrogen-bond acceptors (Lipinski definition) is 2. The summed E-state index contributed by atoms with van der Waals surface area (Å²) >= 11 is 5.76. The van der Waals surface area contributed by atoms with Crippen molar-refractivity contribution >= 4 is 23.6 Å². The molecule has 1 aromatic carbocycles. The van der Waals surface area contributed by atoms with Crippen LogP contribution in [0.15, 0.2) is 18.7 Å². The topological polar surface area (TPSA) is 37.3 Å². The molecule has 0 aliphatic carbocycles. The number of halogens is 1. The molecule has 68 valence electrons. The second kappa shape index (κ2) is 3.62. The van der Waals surface area contributed by atoms with Crippen LogP contribution >= 0.6 is 11.6 Å². The van der Waals surface area contributed by atoms with Crippen molar-refractivity contribution in [2.45, 2.75) is 6.92 Å². The van der Waals surface area contributed by atoms with Gasteiger partial charge in [-0.2, -0.15) is 0 Å². The molecule has 0 atom stereocenters. The lowest BCUT2D eigenvalue weighted by Crippen LogP contribution is -1.91. The Bertz CT molecular complexity index is 369. The minimum atomic E-state index is -0.0581. The predicted octanol–water partition coefficient (Wildman–Crippen LogP) is 2.99. The number of aryl methyl sites for hydroxylation is 1. The van der Waals surface area contributed by atoms with Gasteiger partial charge in [0.2, 0.25) is 0 Å². The van der Waals surface area contributed by atoms with Crippen LogP contribution in [0.5, 0.6) is 0 Å². The fourth-order valence-electron chi connectivity index (χ4n) is 1.09. The third kappa shape index (κ3) is 1.90. The fourth-order valence-corrected chi connectivity index (χ4v) is 1.35. The van der Waals surface area contributed by atoms with Gasteiger partial charge in [-0.3, -0.25) is 4.79 Å². The average Bonchev–Trinajstić information content (AvgIpc) is 2.03. The molecule has 0 aliphatic rings. The molecule has 2 nitrogen and oxygen atoms in total. The maximum absolute atomic E-state index is 10.5. The molecule has 0 heterocycles. The highest BCUT2D eigenvalue weighted by atomic mass is 35.5. The van der Waals surface area contributed by atoms with E-state index in [1.807, 2.05) is 0 Å². The number of hydrogen-bond donors (Lipinski definition) is 1. The van der Waals surface area contributed by atoms with E-state index < -0.39 is 0 Å². The van der Waals surface area contributed by atoms with E-state index in [9.17, 15) is 4.79 Å². The molecule has 0 aromatic heterocycles. The molecule has 1 rings (SSSR count). The van der Waals surface area contributed by atoms with E-state index in [0.29, 0.717) is 22.4 Å². The molecule has 0 spiro atoms. The van der Waals surface area contributed by atoms with Crippen LogP contribution in [0.2, 0.25) is 5.02 Å². The maximum atomic E-state index is 10.5. The van der Waals surface area contributed by atoms with Gasteiger partial charge in [0.15, 0.2) is 6.29 Å². The van der Waals surface area contributed by atoms with Gasteiger partial charge in [0, 0.05) is 11.1 Å². The standard InChI is InChI=1S/C10H9ClO2/c1-6-3-10(11)8(5-12)4-9(6)7(2)13/h3-5,13H,2H2,1H3. The van der Waals surface area contributed by atoms with Crippen molar-refractivity contribution in [2.75, 3.05) is 0 Å². The van der Waals surface area contributed by atoms with Crippen LogP contribution in [0.25, 0.3) is 5.76 Å². The Morgan fingerprint density at radius 1 is 1.62 bits per heavy atom. The first-order chi connectivity index (χ1) is 6.06. The lowest BCUT2D eigenvalue weighted by Gasteiger charge is -2.05. The zero-order chi connectivity index (χ0) is 10.0. The zero-order valence-corrected chi connectivity index (χ0v) is 7.93. The van der Waals surface area contributed by atoms with Gasteiger partial charge in [0.25, 0.3) is 0 Å². The van der Waals surface area contributed by atoms with Gasteiger partial charge in [-0.15, -0.1) is 0 Å². The van der Waals surface area contributed by atoms with E-state index in [1.54, 1.807) is 13.0 Å². The van der Waals surface area contributed by atoms with Crippen LogP contribution in [0.4, 0.5) is 0 Å². The van der Waals surface area contributed by atoms with Crippen LogP contribution < -0.4 is 0 Å². The lowest BCUT2D eigenvalue weighted by atomic mass is 10.0. The molecule has 0 fully saturated rings. The van der Waals surface area contributed by atoms with E-state index in [-0.39, 0.29) is 5.76 Å². The minimum absolute atomic E-state index is 0.0581. The van der Waals surface area contributed by atoms with Crippen molar-refractivity contribution in [3.05, 3.63) is 40.4 Å². The molecule has 1 aromatic rings. The van der Waals surface area contributed by atoms with Crippen LogP contribution in [-0.4, -0.2) is 11.4 Å². The molecule has 0 amide bonds. The van der Waals surface area contributed by atoms with E-state index in [0.717, 1.165) is 5.56 Å². The van der Waals surface area contributed by atoms with E-state index in [1.165, 1.54) is 6.07 Å². The fraction of sp³-hybridized carbons (Fsp3) is 0.100. The summed E-state index contributed by atoms with van der Waals surface area (Å²) in [5.41, 5.74) is 1.70. The molecule has 0 saturated carbocycles. The van der Waals surface area contributed by atoms with E-state index in [4.69, 9.17) is 16.7 Å².